The molecule has 1 aromatic heterocycles. The number of amides is 4. The number of aromatic nitrogens is 1. The molecule has 0 atom stereocenters. The monoisotopic (exact) mass is 447 g/mol. The second-order valence-electron chi connectivity index (χ2n) is 5.80. The minimum atomic E-state index is -0.471. The van der Waals surface area contributed by atoms with Crippen molar-refractivity contribution in [1.29, 1.82) is 0 Å². The standard InChI is InChI=1S/C11H12N6O3.C5H9N5O2/c1-20-13-6-10-8-17(11(18)15-14-10)12-5-9-3-2-4-16(19)7-9;1-12-7-2-4-3-10(6)5(11)9-8-4/h2-7H,8H2,1H3,(H,15,18);2H,3,6H2,1H3,(H,9,11)/b12-5+,13-6+;7-2+. The molecule has 0 saturated carbocycles. The maximum Gasteiger partial charge on any atom is 0.358 e. The summed E-state index contributed by atoms with van der Waals surface area (Å²) < 4.78 is 0.649. The van der Waals surface area contributed by atoms with Gasteiger partial charge in [-0.3, -0.25) is 5.01 Å². The van der Waals surface area contributed by atoms with Gasteiger partial charge >= 0.3 is 12.1 Å². The van der Waals surface area contributed by atoms with Gasteiger partial charge in [-0.25, -0.2) is 31.3 Å². The number of urea groups is 2. The van der Waals surface area contributed by atoms with E-state index in [9.17, 15) is 14.8 Å². The highest BCUT2D eigenvalue weighted by molar-refractivity contribution is 6.32. The molecule has 0 radical (unpaired) electrons. The Kier molecular flexibility index (Phi) is 9.01. The summed E-state index contributed by atoms with van der Waals surface area (Å²) in [4.78, 5) is 31.2. The first-order chi connectivity index (χ1) is 15.4. The zero-order valence-electron chi connectivity index (χ0n) is 17.2. The van der Waals surface area contributed by atoms with Crippen LogP contribution in [0.1, 0.15) is 5.56 Å². The molecule has 1 aromatic rings. The van der Waals surface area contributed by atoms with Crippen LogP contribution in [0.2, 0.25) is 0 Å². The highest BCUT2D eigenvalue weighted by Crippen LogP contribution is 1.99. The molecule has 4 N–H and O–H groups in total. The van der Waals surface area contributed by atoms with E-state index in [1.807, 2.05) is 0 Å². The second kappa shape index (κ2) is 12.2. The normalized spacial score (nSPS) is 16.3. The third-order valence-electron chi connectivity index (χ3n) is 3.49. The van der Waals surface area contributed by atoms with E-state index < -0.39 is 12.1 Å². The second-order valence-corrected chi connectivity index (χ2v) is 5.80. The van der Waals surface area contributed by atoms with Crippen molar-refractivity contribution in [2.75, 3.05) is 27.3 Å². The van der Waals surface area contributed by atoms with Gasteiger partial charge in [0.25, 0.3) is 0 Å². The Morgan fingerprint density at radius 3 is 2.31 bits per heavy atom. The van der Waals surface area contributed by atoms with E-state index in [-0.39, 0.29) is 13.1 Å². The molecule has 0 aromatic carbocycles. The molecule has 3 rings (SSSR count). The lowest BCUT2D eigenvalue weighted by atomic mass is 10.3. The molecule has 0 unspecified atom stereocenters. The van der Waals surface area contributed by atoms with Gasteiger partial charge in [-0.05, 0) is 6.07 Å². The number of rotatable bonds is 6. The lowest BCUT2D eigenvalue weighted by Gasteiger charge is -2.20. The van der Waals surface area contributed by atoms with Crippen molar-refractivity contribution in [3.05, 3.63) is 35.3 Å². The average molecular weight is 447 g/mol. The van der Waals surface area contributed by atoms with Crippen molar-refractivity contribution >= 4 is 42.1 Å². The van der Waals surface area contributed by atoms with E-state index in [0.29, 0.717) is 21.7 Å². The molecular weight excluding hydrogens is 426 g/mol. The maximum absolute atomic E-state index is 11.6. The van der Waals surface area contributed by atoms with Gasteiger partial charge in [0.15, 0.2) is 12.4 Å². The van der Waals surface area contributed by atoms with Crippen LogP contribution in [0, 0.1) is 5.21 Å². The fourth-order valence-electron chi connectivity index (χ4n) is 2.05. The Bertz CT molecular complexity index is 959. The molecule has 16 heteroatoms. The van der Waals surface area contributed by atoms with Crippen molar-refractivity contribution in [2.24, 2.45) is 31.5 Å². The first-order valence-corrected chi connectivity index (χ1v) is 8.81. The van der Waals surface area contributed by atoms with Gasteiger partial charge < -0.3 is 14.9 Å². The SMILES string of the molecule is CO/N=C/C1=NNC(=O)N(/N=C/c2ccc[n+]([O-])c2)C1.CO/N=C/C1=NNC(=O)N(N)C1. The molecule has 2 aliphatic rings. The molecule has 0 spiro atoms. The zero-order chi connectivity index (χ0) is 23.3. The Morgan fingerprint density at radius 2 is 1.72 bits per heavy atom. The molecular formula is C16H21N11O5. The predicted molar refractivity (Wildman–Crippen MR) is 114 cm³/mol. The predicted octanol–water partition coefficient (Wildman–Crippen LogP) is -1.46. The smallest absolute Gasteiger partial charge is 0.358 e. The van der Waals surface area contributed by atoms with Crippen LogP contribution in [0.5, 0.6) is 0 Å². The molecule has 0 aliphatic carbocycles. The highest BCUT2D eigenvalue weighted by atomic mass is 16.6. The summed E-state index contributed by atoms with van der Waals surface area (Å²) >= 11 is 0. The van der Waals surface area contributed by atoms with Gasteiger partial charge in [0.05, 0.1) is 37.3 Å². The number of hydrazone groups is 3. The first kappa shape index (κ1) is 23.7. The summed E-state index contributed by atoms with van der Waals surface area (Å²) in [5.41, 5.74) is 6.06. The van der Waals surface area contributed by atoms with Crippen molar-refractivity contribution in [3.8, 4) is 0 Å². The van der Waals surface area contributed by atoms with Crippen molar-refractivity contribution < 1.29 is 24.0 Å². The first-order valence-electron chi connectivity index (χ1n) is 8.81. The zero-order valence-corrected chi connectivity index (χ0v) is 17.2. The van der Waals surface area contributed by atoms with Crippen LogP contribution < -0.4 is 21.4 Å². The van der Waals surface area contributed by atoms with Crippen LogP contribution in [0.25, 0.3) is 0 Å². The van der Waals surface area contributed by atoms with Crippen LogP contribution >= 0.6 is 0 Å². The fourth-order valence-corrected chi connectivity index (χ4v) is 2.05. The molecule has 0 bridgehead atoms. The molecule has 170 valence electrons. The van der Waals surface area contributed by atoms with Crippen LogP contribution in [0.3, 0.4) is 0 Å². The quantitative estimate of drug-likeness (QED) is 0.119. The van der Waals surface area contributed by atoms with Crippen LogP contribution in [-0.2, 0) is 9.68 Å². The van der Waals surface area contributed by atoms with Crippen molar-refractivity contribution in [3.63, 3.8) is 0 Å². The molecule has 0 fully saturated rings. The van der Waals surface area contributed by atoms with E-state index in [2.05, 4.69) is 46.1 Å². The number of oxime groups is 2. The summed E-state index contributed by atoms with van der Waals surface area (Å²) in [7, 11) is 2.82. The lowest BCUT2D eigenvalue weighted by Crippen LogP contribution is -2.50. The lowest BCUT2D eigenvalue weighted by molar-refractivity contribution is -0.605. The molecule has 0 saturated heterocycles. The van der Waals surface area contributed by atoms with Crippen molar-refractivity contribution in [2.45, 2.75) is 0 Å². The molecule has 3 heterocycles. The highest BCUT2D eigenvalue weighted by Gasteiger charge is 2.19. The van der Waals surface area contributed by atoms with E-state index in [1.165, 1.54) is 45.3 Å². The number of nitrogens with one attached hydrogen (secondary N) is 2. The number of hydrazine groups is 1. The summed E-state index contributed by atoms with van der Waals surface area (Å²) in [5.74, 6) is 5.28. The Balaban J connectivity index is 0.000000258. The number of pyridine rings is 1. The summed E-state index contributed by atoms with van der Waals surface area (Å²) in [5, 5.41) is 31.7. The number of carbonyl (C=O) groups is 2. The minimum absolute atomic E-state index is 0.152. The molecule has 4 amide bonds. The van der Waals surface area contributed by atoms with Crippen LogP contribution in [-0.4, -0.2) is 79.5 Å². The van der Waals surface area contributed by atoms with Gasteiger partial charge in [0, 0.05) is 6.07 Å². The number of carbonyl (C=O) groups excluding carboxylic acids is 2. The Morgan fingerprint density at radius 1 is 1.09 bits per heavy atom. The maximum atomic E-state index is 11.6. The number of nitrogens with two attached hydrogens (primary N) is 1. The van der Waals surface area contributed by atoms with Crippen LogP contribution in [0.15, 0.2) is 50.1 Å². The Hall–Kier alpha value is -4.60. The largest absolute Gasteiger partial charge is 0.619 e. The van der Waals surface area contributed by atoms with E-state index >= 15 is 0 Å². The summed E-state index contributed by atoms with van der Waals surface area (Å²) in [6.45, 7) is 0.373. The fraction of sp³-hybridized carbons (Fsp3) is 0.250. The molecule has 32 heavy (non-hydrogen) atoms. The van der Waals surface area contributed by atoms with Gasteiger partial charge in [-0.2, -0.15) is 20.0 Å². The van der Waals surface area contributed by atoms with E-state index in [0.717, 1.165) is 10.0 Å². The number of hydrogen-bond donors (Lipinski definition) is 3. The topological polar surface area (TPSA) is 198 Å². The Labute approximate surface area is 181 Å². The summed E-state index contributed by atoms with van der Waals surface area (Å²) in [6.07, 6.45) is 6.85. The number of hydrogen-bond acceptors (Lipinski definition) is 11. The van der Waals surface area contributed by atoms with E-state index in [1.54, 1.807) is 12.1 Å². The molecule has 2 aliphatic heterocycles. The molecule has 16 nitrogen and oxygen atoms in total. The van der Waals surface area contributed by atoms with E-state index in [4.69, 9.17) is 5.84 Å². The number of nitrogens with zero attached hydrogens (tertiary/aromatic N) is 8. The van der Waals surface area contributed by atoms with Crippen molar-refractivity contribution in [1.82, 2.24) is 20.9 Å². The summed E-state index contributed by atoms with van der Waals surface area (Å²) in [6, 6.07) is 2.37. The van der Waals surface area contributed by atoms with Gasteiger partial charge in [-0.1, -0.05) is 10.3 Å². The van der Waals surface area contributed by atoms with Gasteiger partial charge in [0.1, 0.15) is 25.6 Å². The third-order valence-corrected chi connectivity index (χ3v) is 3.49. The average Bonchev–Trinajstić information content (AvgIpc) is 2.79. The van der Waals surface area contributed by atoms with Crippen LogP contribution in [0.4, 0.5) is 9.59 Å². The van der Waals surface area contributed by atoms with Gasteiger partial charge in [0.2, 0.25) is 0 Å². The van der Waals surface area contributed by atoms with Gasteiger partial charge in [-0.15, -0.1) is 0 Å². The minimum Gasteiger partial charge on any atom is -0.619 e. The third kappa shape index (κ3) is 7.67.